The quantitative estimate of drug-likeness (QED) is 0.852. The number of hydrogen-bond donors (Lipinski definition) is 1. The fraction of sp³-hybridized carbons (Fsp3) is 0.538. The number of aryl methyl sites for hydroxylation is 1. The SMILES string of the molecule is Cc1cc(Cl)ccc1OC(C)CNC1CC1. The molecule has 16 heavy (non-hydrogen) atoms. The molecule has 2 rings (SSSR count). The van der Waals surface area contributed by atoms with Crippen LogP contribution in [0, 0.1) is 6.92 Å². The summed E-state index contributed by atoms with van der Waals surface area (Å²) in [6.07, 6.45) is 2.82. The first-order valence-electron chi connectivity index (χ1n) is 5.81. The minimum atomic E-state index is 0.195. The van der Waals surface area contributed by atoms with Crippen LogP contribution in [0.3, 0.4) is 0 Å². The van der Waals surface area contributed by atoms with Crippen molar-refractivity contribution in [1.82, 2.24) is 5.32 Å². The molecular weight excluding hydrogens is 222 g/mol. The highest BCUT2D eigenvalue weighted by atomic mass is 35.5. The van der Waals surface area contributed by atoms with E-state index >= 15 is 0 Å². The summed E-state index contributed by atoms with van der Waals surface area (Å²) in [5.74, 6) is 0.925. The molecular formula is C13H18ClNO. The van der Waals surface area contributed by atoms with E-state index in [-0.39, 0.29) is 6.10 Å². The van der Waals surface area contributed by atoms with Crippen LogP contribution in [-0.2, 0) is 0 Å². The highest BCUT2D eigenvalue weighted by Gasteiger charge is 2.21. The molecule has 1 aromatic rings. The zero-order valence-corrected chi connectivity index (χ0v) is 10.6. The first-order valence-corrected chi connectivity index (χ1v) is 6.19. The van der Waals surface area contributed by atoms with Crippen LogP contribution in [-0.4, -0.2) is 18.7 Å². The Balaban J connectivity index is 1.86. The summed E-state index contributed by atoms with van der Waals surface area (Å²) >= 11 is 5.90. The molecule has 0 bridgehead atoms. The Hall–Kier alpha value is -0.730. The van der Waals surface area contributed by atoms with E-state index in [0.29, 0.717) is 0 Å². The lowest BCUT2D eigenvalue weighted by atomic mass is 10.2. The van der Waals surface area contributed by atoms with Gasteiger partial charge in [0.15, 0.2) is 0 Å². The Morgan fingerprint density at radius 1 is 1.50 bits per heavy atom. The van der Waals surface area contributed by atoms with Gasteiger partial charge in [-0.1, -0.05) is 11.6 Å². The number of hydrogen-bond acceptors (Lipinski definition) is 2. The number of nitrogens with one attached hydrogen (secondary N) is 1. The van der Waals surface area contributed by atoms with Gasteiger partial charge >= 0.3 is 0 Å². The van der Waals surface area contributed by atoms with Crippen LogP contribution in [0.2, 0.25) is 5.02 Å². The van der Waals surface area contributed by atoms with Gasteiger partial charge < -0.3 is 10.1 Å². The molecule has 0 aromatic heterocycles. The Labute approximate surface area is 102 Å². The van der Waals surface area contributed by atoms with Crippen molar-refractivity contribution in [3.05, 3.63) is 28.8 Å². The lowest BCUT2D eigenvalue weighted by Gasteiger charge is -2.17. The van der Waals surface area contributed by atoms with Crippen LogP contribution < -0.4 is 10.1 Å². The van der Waals surface area contributed by atoms with Crippen LogP contribution in [0.25, 0.3) is 0 Å². The van der Waals surface area contributed by atoms with E-state index in [0.717, 1.165) is 28.9 Å². The minimum Gasteiger partial charge on any atom is -0.489 e. The third-order valence-corrected chi connectivity index (χ3v) is 2.97. The molecule has 0 heterocycles. The van der Waals surface area contributed by atoms with Crippen LogP contribution in [0.5, 0.6) is 5.75 Å². The maximum atomic E-state index is 5.90. The fourth-order valence-corrected chi connectivity index (χ4v) is 1.85. The van der Waals surface area contributed by atoms with Crippen molar-refractivity contribution in [1.29, 1.82) is 0 Å². The number of benzene rings is 1. The van der Waals surface area contributed by atoms with Gasteiger partial charge in [-0.15, -0.1) is 0 Å². The van der Waals surface area contributed by atoms with Gasteiger partial charge in [0.1, 0.15) is 11.9 Å². The molecule has 1 fully saturated rings. The summed E-state index contributed by atoms with van der Waals surface area (Å²) < 4.78 is 5.86. The van der Waals surface area contributed by atoms with Gasteiger partial charge in [-0.3, -0.25) is 0 Å². The molecule has 1 unspecified atom stereocenters. The first kappa shape index (κ1) is 11.7. The van der Waals surface area contributed by atoms with E-state index in [4.69, 9.17) is 16.3 Å². The van der Waals surface area contributed by atoms with E-state index in [1.54, 1.807) is 0 Å². The summed E-state index contributed by atoms with van der Waals surface area (Å²) in [7, 11) is 0. The predicted octanol–water partition coefficient (Wildman–Crippen LogP) is 3.17. The largest absolute Gasteiger partial charge is 0.489 e. The predicted molar refractivity (Wildman–Crippen MR) is 67.3 cm³/mol. The van der Waals surface area contributed by atoms with Crippen molar-refractivity contribution in [3.8, 4) is 5.75 Å². The Morgan fingerprint density at radius 3 is 2.88 bits per heavy atom. The molecule has 2 nitrogen and oxygen atoms in total. The Kier molecular flexibility index (Phi) is 3.72. The molecule has 1 saturated carbocycles. The van der Waals surface area contributed by atoms with Gasteiger partial charge in [-0.2, -0.15) is 0 Å². The topological polar surface area (TPSA) is 21.3 Å². The average molecular weight is 240 g/mol. The second-order valence-corrected chi connectivity index (χ2v) is 4.96. The summed E-state index contributed by atoms with van der Waals surface area (Å²) in [4.78, 5) is 0. The van der Waals surface area contributed by atoms with Crippen molar-refractivity contribution in [2.24, 2.45) is 0 Å². The number of ether oxygens (including phenoxy) is 1. The molecule has 0 spiro atoms. The second kappa shape index (κ2) is 5.07. The van der Waals surface area contributed by atoms with E-state index in [1.807, 2.05) is 25.1 Å². The molecule has 1 aromatic carbocycles. The Morgan fingerprint density at radius 2 is 2.25 bits per heavy atom. The second-order valence-electron chi connectivity index (χ2n) is 4.52. The van der Waals surface area contributed by atoms with E-state index < -0.39 is 0 Å². The lowest BCUT2D eigenvalue weighted by molar-refractivity contribution is 0.215. The molecule has 0 amide bonds. The van der Waals surface area contributed by atoms with E-state index in [1.165, 1.54) is 12.8 Å². The first-order chi connectivity index (χ1) is 7.65. The van der Waals surface area contributed by atoms with Gasteiger partial charge in [0, 0.05) is 17.6 Å². The molecule has 1 atom stereocenters. The third kappa shape index (κ3) is 3.39. The molecule has 3 heteroatoms. The number of halogens is 1. The van der Waals surface area contributed by atoms with Crippen LogP contribution in [0.15, 0.2) is 18.2 Å². The molecule has 1 N–H and O–H groups in total. The van der Waals surface area contributed by atoms with Crippen molar-refractivity contribution in [2.45, 2.75) is 38.8 Å². The molecule has 0 radical (unpaired) electrons. The monoisotopic (exact) mass is 239 g/mol. The van der Waals surface area contributed by atoms with Crippen molar-refractivity contribution in [2.75, 3.05) is 6.54 Å². The summed E-state index contributed by atoms with van der Waals surface area (Å²) in [5, 5.41) is 4.21. The average Bonchev–Trinajstić information content (AvgIpc) is 3.03. The van der Waals surface area contributed by atoms with Gasteiger partial charge in [-0.25, -0.2) is 0 Å². The Bertz CT molecular complexity index is 363. The van der Waals surface area contributed by atoms with Crippen LogP contribution in [0.4, 0.5) is 0 Å². The standard InChI is InChI=1S/C13H18ClNO/c1-9-7-11(14)3-6-13(9)16-10(2)8-15-12-4-5-12/h3,6-7,10,12,15H,4-5,8H2,1-2H3. The van der Waals surface area contributed by atoms with Crippen LogP contribution in [0.1, 0.15) is 25.3 Å². The smallest absolute Gasteiger partial charge is 0.122 e. The molecule has 1 aliphatic rings. The van der Waals surface area contributed by atoms with Gasteiger partial charge in [0.25, 0.3) is 0 Å². The normalized spacial score (nSPS) is 17.2. The third-order valence-electron chi connectivity index (χ3n) is 2.74. The highest BCUT2D eigenvalue weighted by molar-refractivity contribution is 6.30. The van der Waals surface area contributed by atoms with Gasteiger partial charge in [0.2, 0.25) is 0 Å². The fourth-order valence-electron chi connectivity index (χ4n) is 1.62. The zero-order valence-electron chi connectivity index (χ0n) is 9.79. The summed E-state index contributed by atoms with van der Waals surface area (Å²) in [6, 6.07) is 6.46. The lowest BCUT2D eigenvalue weighted by Crippen LogP contribution is -2.30. The van der Waals surface area contributed by atoms with E-state index in [9.17, 15) is 0 Å². The molecule has 88 valence electrons. The number of rotatable bonds is 5. The van der Waals surface area contributed by atoms with Crippen molar-refractivity contribution < 1.29 is 4.74 Å². The molecule has 0 saturated heterocycles. The minimum absolute atomic E-state index is 0.195. The summed E-state index contributed by atoms with van der Waals surface area (Å²) in [5.41, 5.74) is 1.09. The maximum absolute atomic E-state index is 5.90. The molecule has 1 aliphatic carbocycles. The molecule has 0 aliphatic heterocycles. The van der Waals surface area contributed by atoms with Crippen molar-refractivity contribution in [3.63, 3.8) is 0 Å². The van der Waals surface area contributed by atoms with E-state index in [2.05, 4.69) is 12.2 Å². The van der Waals surface area contributed by atoms with Gasteiger partial charge in [-0.05, 0) is 50.5 Å². The maximum Gasteiger partial charge on any atom is 0.122 e. The van der Waals surface area contributed by atoms with Gasteiger partial charge in [0.05, 0.1) is 0 Å². The van der Waals surface area contributed by atoms with Crippen LogP contribution >= 0.6 is 11.6 Å². The van der Waals surface area contributed by atoms with Crippen molar-refractivity contribution >= 4 is 11.6 Å². The summed E-state index contributed by atoms with van der Waals surface area (Å²) in [6.45, 7) is 5.01. The zero-order chi connectivity index (χ0) is 11.5. The highest BCUT2D eigenvalue weighted by Crippen LogP contribution is 2.23.